The molecule has 0 saturated heterocycles. The molecule has 6 heteroatoms. The third kappa shape index (κ3) is 7.63. The van der Waals surface area contributed by atoms with Gasteiger partial charge in [-0.3, -0.25) is 10.0 Å². The van der Waals surface area contributed by atoms with E-state index in [1.165, 1.54) is 11.1 Å². The van der Waals surface area contributed by atoms with Gasteiger partial charge in [-0.1, -0.05) is 71.1 Å². The highest BCUT2D eigenvalue weighted by Crippen LogP contribution is 2.08. The summed E-state index contributed by atoms with van der Waals surface area (Å²) in [5.41, 5.74) is 2.38. The lowest BCUT2D eigenvalue weighted by molar-refractivity contribution is 0.110. The molecule has 0 atom stereocenters. The normalized spacial score (nSPS) is 11.0. The van der Waals surface area contributed by atoms with Crippen LogP contribution in [0.5, 0.6) is 0 Å². The lowest BCUT2D eigenvalue weighted by atomic mass is 10.2. The van der Waals surface area contributed by atoms with E-state index in [1.807, 2.05) is 46.4 Å². The number of ether oxygens (including phenoxy) is 2. The maximum atomic E-state index is 5.20. The zero-order valence-electron chi connectivity index (χ0n) is 15.6. The number of hydrogen-bond donors (Lipinski definition) is 0. The predicted octanol–water partition coefficient (Wildman–Crippen LogP) is 3.57. The smallest absolute Gasteiger partial charge is 0.0655 e. The van der Waals surface area contributed by atoms with Gasteiger partial charge in [0.05, 0.1) is 39.4 Å². The molecule has 6 nitrogen and oxygen atoms in total. The summed E-state index contributed by atoms with van der Waals surface area (Å²) in [7, 11) is 3.39. The second-order valence-electron chi connectivity index (χ2n) is 5.91. The van der Waals surface area contributed by atoms with E-state index in [9.17, 15) is 0 Å². The summed E-state index contributed by atoms with van der Waals surface area (Å²) in [6, 6.07) is 20.5. The molecule has 0 aromatic heterocycles. The number of benzene rings is 2. The van der Waals surface area contributed by atoms with Crippen LogP contribution in [-0.4, -0.2) is 50.5 Å². The third-order valence-electron chi connectivity index (χ3n) is 3.82. The van der Waals surface area contributed by atoms with E-state index in [1.54, 1.807) is 14.2 Å². The standard InChI is InChI=1S/C20H28N4O2/c1-25-15-13-23(17-19-9-5-3-6-10-19)21-22-24(14-16-26-2)18-20-11-7-4-8-12-20/h3-12H,13-18H2,1-2H3/b22-21+. The van der Waals surface area contributed by atoms with E-state index < -0.39 is 0 Å². The second kappa shape index (κ2) is 12.0. The number of methoxy groups -OCH3 is 2. The molecule has 0 saturated carbocycles. The van der Waals surface area contributed by atoms with E-state index in [0.717, 1.165) is 0 Å². The Balaban J connectivity index is 2.03. The Hall–Kier alpha value is -2.44. The fourth-order valence-electron chi connectivity index (χ4n) is 2.41. The first-order chi connectivity index (χ1) is 12.8. The van der Waals surface area contributed by atoms with Gasteiger partial charge >= 0.3 is 0 Å². The summed E-state index contributed by atoms with van der Waals surface area (Å²) in [4.78, 5) is 0. The van der Waals surface area contributed by atoms with Gasteiger partial charge in [-0.2, -0.15) is 0 Å². The largest absolute Gasteiger partial charge is 0.383 e. The van der Waals surface area contributed by atoms with Gasteiger partial charge in [0.1, 0.15) is 0 Å². The lowest BCUT2D eigenvalue weighted by Gasteiger charge is -2.21. The van der Waals surface area contributed by atoms with Gasteiger partial charge in [-0.25, -0.2) is 0 Å². The van der Waals surface area contributed by atoms with Crippen molar-refractivity contribution in [2.75, 3.05) is 40.5 Å². The molecule has 26 heavy (non-hydrogen) atoms. The molecule has 140 valence electrons. The number of rotatable bonds is 12. The first-order valence-corrected chi connectivity index (χ1v) is 8.79. The summed E-state index contributed by atoms with van der Waals surface area (Å²) in [6.45, 7) is 3.94. The number of hydrogen-bond acceptors (Lipinski definition) is 4. The molecule has 0 spiro atoms. The first-order valence-electron chi connectivity index (χ1n) is 8.79. The lowest BCUT2D eigenvalue weighted by Crippen LogP contribution is -2.25. The molecule has 0 unspecified atom stereocenters. The Kier molecular flexibility index (Phi) is 9.18. The molecule has 0 N–H and O–H groups in total. The summed E-state index contributed by atoms with van der Waals surface area (Å²) >= 11 is 0. The minimum atomic E-state index is 0.600. The molecule has 2 aromatic rings. The maximum absolute atomic E-state index is 5.20. The van der Waals surface area contributed by atoms with Crippen molar-refractivity contribution in [3.63, 3.8) is 0 Å². The second-order valence-corrected chi connectivity index (χ2v) is 5.91. The Labute approximate surface area is 156 Å². The molecular formula is C20H28N4O2. The van der Waals surface area contributed by atoms with Gasteiger partial charge in [-0.15, -0.1) is 0 Å². The Morgan fingerprint density at radius 1 is 0.654 bits per heavy atom. The molecule has 0 fully saturated rings. The zero-order valence-corrected chi connectivity index (χ0v) is 15.6. The quantitative estimate of drug-likeness (QED) is 0.431. The highest BCUT2D eigenvalue weighted by atomic mass is 16.5. The van der Waals surface area contributed by atoms with Gasteiger partial charge in [-0.05, 0) is 11.1 Å². The fourth-order valence-corrected chi connectivity index (χ4v) is 2.41. The van der Waals surface area contributed by atoms with Gasteiger partial charge in [0.15, 0.2) is 0 Å². The van der Waals surface area contributed by atoms with Crippen LogP contribution in [0.4, 0.5) is 0 Å². The summed E-state index contributed by atoms with van der Waals surface area (Å²) in [6.07, 6.45) is 0. The van der Waals surface area contributed by atoms with E-state index in [4.69, 9.17) is 9.47 Å². The molecule has 0 aliphatic carbocycles. The third-order valence-corrected chi connectivity index (χ3v) is 3.82. The van der Waals surface area contributed by atoms with Crippen molar-refractivity contribution in [3.05, 3.63) is 71.8 Å². The van der Waals surface area contributed by atoms with Gasteiger partial charge in [0.2, 0.25) is 0 Å². The molecule has 2 rings (SSSR count). The fraction of sp³-hybridized carbons (Fsp3) is 0.400. The average molecular weight is 356 g/mol. The van der Waals surface area contributed by atoms with Crippen LogP contribution in [0.3, 0.4) is 0 Å². The van der Waals surface area contributed by atoms with E-state index in [2.05, 4.69) is 34.7 Å². The highest BCUT2D eigenvalue weighted by molar-refractivity contribution is 5.15. The minimum Gasteiger partial charge on any atom is -0.383 e. The van der Waals surface area contributed by atoms with Crippen molar-refractivity contribution in [1.82, 2.24) is 10.0 Å². The first kappa shape index (κ1) is 19.9. The molecule has 0 radical (unpaired) electrons. The molecule has 0 aliphatic heterocycles. The van der Waals surface area contributed by atoms with Crippen molar-refractivity contribution in [1.29, 1.82) is 0 Å². The molecule has 0 heterocycles. The van der Waals surface area contributed by atoms with Gasteiger partial charge in [0, 0.05) is 14.2 Å². The summed E-state index contributed by atoms with van der Waals surface area (Å²) in [5.74, 6) is 0. The Morgan fingerprint density at radius 3 is 1.38 bits per heavy atom. The monoisotopic (exact) mass is 356 g/mol. The van der Waals surface area contributed by atoms with Crippen LogP contribution in [0.15, 0.2) is 71.1 Å². The van der Waals surface area contributed by atoms with Crippen LogP contribution in [0.25, 0.3) is 0 Å². The van der Waals surface area contributed by atoms with Crippen LogP contribution in [-0.2, 0) is 22.6 Å². The van der Waals surface area contributed by atoms with Crippen LogP contribution in [0, 0.1) is 0 Å². The SMILES string of the molecule is COCCN(Cc1ccccc1)/N=N/N(CCOC)Cc1ccccc1. The van der Waals surface area contributed by atoms with Crippen LogP contribution >= 0.6 is 0 Å². The topological polar surface area (TPSA) is 49.7 Å². The minimum absolute atomic E-state index is 0.600. The maximum Gasteiger partial charge on any atom is 0.0655 e. The average Bonchev–Trinajstić information content (AvgIpc) is 2.69. The zero-order chi connectivity index (χ0) is 18.5. The highest BCUT2D eigenvalue weighted by Gasteiger charge is 2.06. The molecule has 0 bridgehead atoms. The predicted molar refractivity (Wildman–Crippen MR) is 102 cm³/mol. The van der Waals surface area contributed by atoms with Crippen molar-refractivity contribution in [2.24, 2.45) is 10.4 Å². The van der Waals surface area contributed by atoms with Crippen LogP contribution < -0.4 is 0 Å². The van der Waals surface area contributed by atoms with Crippen LogP contribution in [0.2, 0.25) is 0 Å². The molecular weight excluding hydrogens is 328 g/mol. The van der Waals surface area contributed by atoms with E-state index in [0.29, 0.717) is 39.4 Å². The number of nitrogens with zero attached hydrogens (tertiary/aromatic N) is 4. The van der Waals surface area contributed by atoms with Gasteiger partial charge < -0.3 is 9.47 Å². The molecule has 0 amide bonds. The van der Waals surface area contributed by atoms with E-state index >= 15 is 0 Å². The summed E-state index contributed by atoms with van der Waals surface area (Å²) < 4.78 is 10.4. The van der Waals surface area contributed by atoms with E-state index in [-0.39, 0.29) is 0 Å². The van der Waals surface area contributed by atoms with Crippen molar-refractivity contribution >= 4 is 0 Å². The Bertz CT molecular complexity index is 567. The molecule has 2 aromatic carbocycles. The summed E-state index contributed by atoms with van der Waals surface area (Å²) in [5, 5.41) is 12.7. The van der Waals surface area contributed by atoms with Crippen LogP contribution in [0.1, 0.15) is 11.1 Å². The molecule has 0 aliphatic rings. The van der Waals surface area contributed by atoms with Crippen molar-refractivity contribution < 1.29 is 9.47 Å². The van der Waals surface area contributed by atoms with Crippen molar-refractivity contribution in [3.8, 4) is 0 Å². The van der Waals surface area contributed by atoms with Gasteiger partial charge in [0.25, 0.3) is 0 Å². The Morgan fingerprint density at radius 2 is 1.04 bits per heavy atom. The van der Waals surface area contributed by atoms with Crippen molar-refractivity contribution in [2.45, 2.75) is 13.1 Å².